The summed E-state index contributed by atoms with van der Waals surface area (Å²) in [6.45, 7) is 3.99. The maximum atomic E-state index is 12.0. The molecule has 0 aliphatic heterocycles. The van der Waals surface area contributed by atoms with E-state index in [0.29, 0.717) is 0 Å². The van der Waals surface area contributed by atoms with Gasteiger partial charge in [-0.25, -0.2) is 5.43 Å². The molecule has 0 aliphatic rings. The van der Waals surface area contributed by atoms with Crippen molar-refractivity contribution in [3.63, 3.8) is 0 Å². The number of benzene rings is 1. The highest BCUT2D eigenvalue weighted by molar-refractivity contribution is 5.97. The number of hydrogen-bond donors (Lipinski definition) is 2. The maximum Gasteiger partial charge on any atom is 0.275 e. The van der Waals surface area contributed by atoms with Crippen molar-refractivity contribution in [1.82, 2.24) is 15.0 Å². The summed E-state index contributed by atoms with van der Waals surface area (Å²) in [6, 6.07) is 12.2. The Morgan fingerprint density at radius 1 is 1.20 bits per heavy atom. The fraction of sp³-hybridized carbons (Fsp3) is 0.105. The number of phenolic OH excluding ortho intramolecular Hbond substituents is 1. The predicted molar refractivity (Wildman–Crippen MR) is 96.2 cm³/mol. The summed E-state index contributed by atoms with van der Waals surface area (Å²) < 4.78 is 2.09. The number of aromatic nitrogens is 2. The summed E-state index contributed by atoms with van der Waals surface area (Å²) in [4.78, 5) is 16.1. The molecule has 0 saturated carbocycles. The molecule has 0 bridgehead atoms. The van der Waals surface area contributed by atoms with Crippen molar-refractivity contribution >= 4 is 12.1 Å². The number of pyridine rings is 1. The lowest BCUT2D eigenvalue weighted by molar-refractivity contribution is 0.0952. The van der Waals surface area contributed by atoms with Gasteiger partial charge in [0.15, 0.2) is 0 Å². The van der Waals surface area contributed by atoms with Crippen molar-refractivity contribution in [2.24, 2.45) is 5.10 Å². The monoisotopic (exact) mass is 334 g/mol. The molecule has 0 unspecified atom stereocenters. The lowest BCUT2D eigenvalue weighted by Gasteiger charge is -2.08. The number of nitrogens with zero attached hydrogens (tertiary/aromatic N) is 3. The normalized spacial score (nSPS) is 11.0. The van der Waals surface area contributed by atoms with Crippen LogP contribution in [0.25, 0.3) is 5.69 Å². The molecule has 6 heteroatoms. The summed E-state index contributed by atoms with van der Waals surface area (Å²) >= 11 is 0. The second kappa shape index (κ2) is 7.00. The van der Waals surface area contributed by atoms with Crippen molar-refractivity contribution in [2.45, 2.75) is 13.8 Å². The number of hydrazone groups is 1. The predicted octanol–water partition coefficient (Wildman–Crippen LogP) is 2.96. The van der Waals surface area contributed by atoms with Crippen molar-refractivity contribution in [3.8, 4) is 11.4 Å². The summed E-state index contributed by atoms with van der Waals surface area (Å²) in [6.07, 6.45) is 5.08. The highest BCUT2D eigenvalue weighted by atomic mass is 16.3. The van der Waals surface area contributed by atoms with Crippen molar-refractivity contribution < 1.29 is 9.90 Å². The number of phenols is 1. The number of aryl methyl sites for hydroxylation is 1. The molecule has 3 rings (SSSR count). The Bertz CT molecular complexity index is 930. The first-order valence-corrected chi connectivity index (χ1v) is 7.78. The van der Waals surface area contributed by atoms with Gasteiger partial charge in [-0.1, -0.05) is 12.1 Å². The van der Waals surface area contributed by atoms with Crippen LogP contribution in [0.3, 0.4) is 0 Å². The minimum atomic E-state index is -0.461. The fourth-order valence-corrected chi connectivity index (χ4v) is 2.70. The first-order valence-electron chi connectivity index (χ1n) is 7.78. The number of carbonyl (C=O) groups excluding carboxylic acids is 1. The van der Waals surface area contributed by atoms with Crippen LogP contribution in [-0.4, -0.2) is 26.8 Å². The van der Waals surface area contributed by atoms with Gasteiger partial charge in [-0.05, 0) is 44.2 Å². The maximum absolute atomic E-state index is 12.0. The quantitative estimate of drug-likeness (QED) is 0.569. The van der Waals surface area contributed by atoms with Gasteiger partial charge in [0.1, 0.15) is 5.75 Å². The van der Waals surface area contributed by atoms with Gasteiger partial charge in [0.05, 0.1) is 11.8 Å². The number of amides is 1. The van der Waals surface area contributed by atoms with Crippen LogP contribution < -0.4 is 5.43 Å². The van der Waals surface area contributed by atoms with Crippen LogP contribution in [0.15, 0.2) is 60.0 Å². The summed E-state index contributed by atoms with van der Waals surface area (Å²) in [7, 11) is 0. The molecule has 126 valence electrons. The SMILES string of the molecule is Cc1cc(/C=N\NC(=O)c2ccccc2O)c(C)n1-c1ccncc1. The van der Waals surface area contributed by atoms with Crippen LogP contribution in [0, 0.1) is 13.8 Å². The van der Waals surface area contributed by atoms with Gasteiger partial charge in [0.25, 0.3) is 5.91 Å². The lowest BCUT2D eigenvalue weighted by atomic mass is 10.2. The lowest BCUT2D eigenvalue weighted by Crippen LogP contribution is -2.17. The van der Waals surface area contributed by atoms with Crippen LogP contribution in [0.2, 0.25) is 0 Å². The zero-order valence-corrected chi connectivity index (χ0v) is 14.0. The number of para-hydroxylation sites is 1. The van der Waals surface area contributed by atoms with E-state index in [2.05, 4.69) is 20.1 Å². The van der Waals surface area contributed by atoms with Crippen molar-refractivity contribution in [3.05, 3.63) is 77.4 Å². The molecule has 0 aliphatic carbocycles. The Hall–Kier alpha value is -3.41. The third-order valence-electron chi connectivity index (χ3n) is 3.91. The topological polar surface area (TPSA) is 79.5 Å². The van der Waals surface area contributed by atoms with E-state index in [1.807, 2.05) is 32.0 Å². The molecule has 2 heterocycles. The zero-order valence-electron chi connectivity index (χ0n) is 14.0. The standard InChI is InChI=1S/C19H18N4O2/c1-13-11-15(14(2)23(13)16-7-9-20-10-8-16)12-21-22-19(25)17-5-3-4-6-18(17)24/h3-12,24H,1-2H3,(H,22,25)/b21-12-. The van der Waals surface area contributed by atoms with Crippen molar-refractivity contribution in [1.29, 1.82) is 0 Å². The van der Waals surface area contributed by atoms with Crippen LogP contribution in [0.1, 0.15) is 27.3 Å². The molecule has 3 aromatic rings. The van der Waals surface area contributed by atoms with E-state index in [-0.39, 0.29) is 11.3 Å². The molecular weight excluding hydrogens is 316 g/mol. The highest BCUT2D eigenvalue weighted by Crippen LogP contribution is 2.19. The van der Waals surface area contributed by atoms with Gasteiger partial charge in [-0.15, -0.1) is 0 Å². The first kappa shape index (κ1) is 16.4. The summed E-state index contributed by atoms with van der Waals surface area (Å²) in [5, 5.41) is 13.7. The number of rotatable bonds is 4. The molecular formula is C19H18N4O2. The molecule has 1 amide bonds. The van der Waals surface area contributed by atoms with Gasteiger partial charge < -0.3 is 9.67 Å². The Morgan fingerprint density at radius 3 is 2.64 bits per heavy atom. The van der Waals surface area contributed by atoms with Crippen molar-refractivity contribution in [2.75, 3.05) is 0 Å². The van der Waals surface area contributed by atoms with Gasteiger partial charge in [0.2, 0.25) is 0 Å². The van der Waals surface area contributed by atoms with E-state index < -0.39 is 5.91 Å². The average Bonchev–Trinajstić information content (AvgIpc) is 2.89. The molecule has 2 N–H and O–H groups in total. The third-order valence-corrected chi connectivity index (χ3v) is 3.91. The Kier molecular flexibility index (Phi) is 4.61. The molecule has 6 nitrogen and oxygen atoms in total. The van der Waals surface area contributed by atoms with E-state index in [9.17, 15) is 9.90 Å². The van der Waals surface area contributed by atoms with E-state index in [1.54, 1.807) is 30.7 Å². The molecule has 2 aromatic heterocycles. The van der Waals surface area contributed by atoms with E-state index >= 15 is 0 Å². The first-order chi connectivity index (χ1) is 12.1. The number of nitrogens with one attached hydrogen (secondary N) is 1. The largest absolute Gasteiger partial charge is 0.507 e. The smallest absolute Gasteiger partial charge is 0.275 e. The Balaban J connectivity index is 1.79. The highest BCUT2D eigenvalue weighted by Gasteiger charge is 2.11. The van der Waals surface area contributed by atoms with Crippen LogP contribution >= 0.6 is 0 Å². The zero-order chi connectivity index (χ0) is 17.8. The Morgan fingerprint density at radius 2 is 1.92 bits per heavy atom. The summed E-state index contributed by atoms with van der Waals surface area (Å²) in [5.74, 6) is -0.539. The molecule has 1 aromatic carbocycles. The Labute approximate surface area is 145 Å². The van der Waals surface area contributed by atoms with Gasteiger partial charge in [0, 0.05) is 35.0 Å². The second-order valence-corrected chi connectivity index (χ2v) is 5.58. The van der Waals surface area contributed by atoms with E-state index in [1.165, 1.54) is 12.1 Å². The molecule has 25 heavy (non-hydrogen) atoms. The van der Waals surface area contributed by atoms with E-state index in [0.717, 1.165) is 22.6 Å². The number of carbonyl (C=O) groups is 1. The van der Waals surface area contributed by atoms with Crippen LogP contribution in [-0.2, 0) is 0 Å². The average molecular weight is 334 g/mol. The van der Waals surface area contributed by atoms with E-state index in [4.69, 9.17) is 0 Å². The molecule has 0 radical (unpaired) electrons. The molecule has 0 atom stereocenters. The van der Waals surface area contributed by atoms with Crippen LogP contribution in [0.5, 0.6) is 5.75 Å². The molecule has 0 spiro atoms. The van der Waals surface area contributed by atoms with Gasteiger partial charge in [-0.3, -0.25) is 9.78 Å². The fourth-order valence-electron chi connectivity index (χ4n) is 2.70. The summed E-state index contributed by atoms with van der Waals surface area (Å²) in [5.41, 5.74) is 6.59. The molecule has 0 saturated heterocycles. The minimum Gasteiger partial charge on any atom is -0.507 e. The second-order valence-electron chi connectivity index (χ2n) is 5.58. The molecule has 0 fully saturated rings. The van der Waals surface area contributed by atoms with Crippen LogP contribution in [0.4, 0.5) is 0 Å². The number of hydrogen-bond acceptors (Lipinski definition) is 4. The third kappa shape index (κ3) is 3.42. The van der Waals surface area contributed by atoms with Gasteiger partial charge in [-0.2, -0.15) is 5.10 Å². The van der Waals surface area contributed by atoms with Gasteiger partial charge >= 0.3 is 0 Å². The minimum absolute atomic E-state index is 0.0777. The number of aromatic hydroxyl groups is 1.